The number of aromatic nitrogens is 1. The second-order valence-corrected chi connectivity index (χ2v) is 7.47. The summed E-state index contributed by atoms with van der Waals surface area (Å²) in [6.07, 6.45) is 1.64. The van der Waals surface area contributed by atoms with E-state index in [9.17, 15) is 9.59 Å². The number of rotatable bonds is 7. The molecule has 0 aliphatic carbocycles. The van der Waals surface area contributed by atoms with Crippen molar-refractivity contribution < 1.29 is 18.7 Å². The lowest BCUT2D eigenvalue weighted by Crippen LogP contribution is -2.14. The highest BCUT2D eigenvalue weighted by molar-refractivity contribution is 9.10. The topological polar surface area (TPSA) is 81.4 Å². The number of amides is 1. The van der Waals surface area contributed by atoms with Crippen LogP contribution >= 0.6 is 27.7 Å². The van der Waals surface area contributed by atoms with Crippen LogP contribution in [0.1, 0.15) is 17.3 Å². The Morgan fingerprint density at radius 1 is 1.14 bits per heavy atom. The SMILES string of the molecule is CCOC(=O)c1ccc(NC(=O)CSc2ncc(-c3ccc(Br)cc3)o2)cc1. The fourth-order valence-corrected chi connectivity index (χ4v) is 3.17. The zero-order valence-electron chi connectivity index (χ0n) is 15.0. The minimum absolute atomic E-state index is 0.153. The Hall–Kier alpha value is -2.58. The smallest absolute Gasteiger partial charge is 0.338 e. The highest BCUT2D eigenvalue weighted by Crippen LogP contribution is 2.26. The minimum atomic E-state index is -0.388. The summed E-state index contributed by atoms with van der Waals surface area (Å²) in [4.78, 5) is 27.9. The minimum Gasteiger partial charge on any atom is -0.462 e. The van der Waals surface area contributed by atoms with E-state index >= 15 is 0 Å². The van der Waals surface area contributed by atoms with E-state index < -0.39 is 0 Å². The molecule has 1 N–H and O–H groups in total. The molecule has 3 rings (SSSR count). The Bertz CT molecular complexity index is 955. The number of nitrogens with zero attached hydrogens (tertiary/aromatic N) is 1. The molecule has 1 aromatic heterocycles. The van der Waals surface area contributed by atoms with Crippen molar-refractivity contribution in [3.05, 3.63) is 64.8 Å². The molecular weight excluding hydrogens is 444 g/mol. The molecule has 6 nitrogen and oxygen atoms in total. The van der Waals surface area contributed by atoms with Crippen molar-refractivity contribution in [1.29, 1.82) is 0 Å². The highest BCUT2D eigenvalue weighted by Gasteiger charge is 2.11. The van der Waals surface area contributed by atoms with Gasteiger partial charge in [0.2, 0.25) is 5.91 Å². The molecule has 0 radical (unpaired) electrons. The van der Waals surface area contributed by atoms with Crippen LogP contribution in [-0.4, -0.2) is 29.2 Å². The largest absolute Gasteiger partial charge is 0.462 e. The van der Waals surface area contributed by atoms with Crippen LogP contribution < -0.4 is 5.32 Å². The fourth-order valence-electron chi connectivity index (χ4n) is 2.30. The molecule has 0 unspecified atom stereocenters. The summed E-state index contributed by atoms with van der Waals surface area (Å²) in [6, 6.07) is 14.2. The standard InChI is InChI=1S/C20H17BrN2O4S/c1-2-26-19(25)14-5-9-16(10-6-14)23-18(24)12-28-20-22-11-17(27-20)13-3-7-15(21)8-4-13/h3-11H,2,12H2,1H3,(H,23,24). The average Bonchev–Trinajstić information content (AvgIpc) is 3.17. The molecule has 0 atom stereocenters. The number of carbonyl (C=O) groups is 2. The van der Waals surface area contributed by atoms with Crippen molar-refractivity contribution in [2.24, 2.45) is 0 Å². The van der Waals surface area contributed by atoms with Crippen LogP contribution in [0.25, 0.3) is 11.3 Å². The third-order valence-electron chi connectivity index (χ3n) is 3.62. The molecule has 1 heterocycles. The molecule has 8 heteroatoms. The lowest BCUT2D eigenvalue weighted by molar-refractivity contribution is -0.113. The first-order chi connectivity index (χ1) is 13.5. The van der Waals surface area contributed by atoms with Crippen molar-refractivity contribution in [3.8, 4) is 11.3 Å². The third-order valence-corrected chi connectivity index (χ3v) is 4.99. The predicted molar refractivity (Wildman–Crippen MR) is 111 cm³/mol. The summed E-state index contributed by atoms with van der Waals surface area (Å²) in [7, 11) is 0. The summed E-state index contributed by atoms with van der Waals surface area (Å²) < 4.78 is 11.6. The molecule has 144 valence electrons. The normalized spacial score (nSPS) is 10.5. The van der Waals surface area contributed by atoms with Crippen molar-refractivity contribution in [2.75, 3.05) is 17.7 Å². The monoisotopic (exact) mass is 460 g/mol. The zero-order valence-corrected chi connectivity index (χ0v) is 17.4. The van der Waals surface area contributed by atoms with Crippen molar-refractivity contribution in [2.45, 2.75) is 12.1 Å². The molecule has 0 spiro atoms. The average molecular weight is 461 g/mol. The van der Waals surface area contributed by atoms with Crippen LogP contribution in [-0.2, 0) is 9.53 Å². The molecular formula is C20H17BrN2O4S. The van der Waals surface area contributed by atoms with Gasteiger partial charge in [-0.05, 0) is 43.3 Å². The summed E-state index contributed by atoms with van der Waals surface area (Å²) in [5.41, 5.74) is 1.95. The van der Waals surface area contributed by atoms with Gasteiger partial charge in [-0.25, -0.2) is 9.78 Å². The van der Waals surface area contributed by atoms with Gasteiger partial charge in [-0.15, -0.1) is 0 Å². The lowest BCUT2D eigenvalue weighted by Gasteiger charge is -2.06. The molecule has 0 aliphatic heterocycles. The maximum Gasteiger partial charge on any atom is 0.338 e. The number of benzene rings is 2. The number of hydrogen-bond acceptors (Lipinski definition) is 6. The number of nitrogens with one attached hydrogen (secondary N) is 1. The van der Waals surface area contributed by atoms with Crippen LogP contribution in [0.15, 0.2) is 68.8 Å². The number of ether oxygens (including phenoxy) is 1. The van der Waals surface area contributed by atoms with Gasteiger partial charge in [0.25, 0.3) is 5.22 Å². The Labute approximate surface area is 174 Å². The van der Waals surface area contributed by atoms with Crippen LogP contribution in [0, 0.1) is 0 Å². The number of carbonyl (C=O) groups excluding carboxylic acids is 2. The number of oxazole rings is 1. The first-order valence-corrected chi connectivity index (χ1v) is 10.2. The molecule has 28 heavy (non-hydrogen) atoms. The molecule has 2 aromatic carbocycles. The number of halogens is 1. The summed E-state index contributed by atoms with van der Waals surface area (Å²) in [5.74, 6) is 0.212. The summed E-state index contributed by atoms with van der Waals surface area (Å²) in [6.45, 7) is 2.07. The van der Waals surface area contributed by atoms with Crippen LogP contribution in [0.4, 0.5) is 5.69 Å². The van der Waals surface area contributed by atoms with E-state index in [1.807, 2.05) is 24.3 Å². The van der Waals surface area contributed by atoms with Gasteiger partial charge in [-0.2, -0.15) is 0 Å². The van der Waals surface area contributed by atoms with E-state index in [1.165, 1.54) is 11.8 Å². The number of hydrogen-bond donors (Lipinski definition) is 1. The Morgan fingerprint density at radius 2 is 1.86 bits per heavy atom. The van der Waals surface area contributed by atoms with Gasteiger partial charge in [0.1, 0.15) is 0 Å². The highest BCUT2D eigenvalue weighted by atomic mass is 79.9. The van der Waals surface area contributed by atoms with Gasteiger partial charge in [0.05, 0.1) is 24.1 Å². The lowest BCUT2D eigenvalue weighted by atomic mass is 10.2. The van der Waals surface area contributed by atoms with Gasteiger partial charge >= 0.3 is 5.97 Å². The quantitative estimate of drug-likeness (QED) is 0.394. The van der Waals surface area contributed by atoms with Gasteiger partial charge in [-0.1, -0.05) is 39.8 Å². The van der Waals surface area contributed by atoms with E-state index in [0.29, 0.717) is 28.8 Å². The third kappa shape index (κ3) is 5.46. The van der Waals surface area contributed by atoms with Crippen LogP contribution in [0.5, 0.6) is 0 Å². The molecule has 1 amide bonds. The summed E-state index contributed by atoms with van der Waals surface area (Å²) in [5, 5.41) is 3.19. The van der Waals surface area contributed by atoms with E-state index in [-0.39, 0.29) is 17.6 Å². The zero-order chi connectivity index (χ0) is 19.9. The maximum atomic E-state index is 12.1. The molecule has 0 saturated heterocycles. The van der Waals surface area contributed by atoms with E-state index in [0.717, 1.165) is 10.0 Å². The first-order valence-electron chi connectivity index (χ1n) is 8.46. The first kappa shape index (κ1) is 20.2. The van der Waals surface area contributed by atoms with Crippen molar-refractivity contribution >= 4 is 45.3 Å². The van der Waals surface area contributed by atoms with Gasteiger partial charge < -0.3 is 14.5 Å². The van der Waals surface area contributed by atoms with Gasteiger partial charge in [0, 0.05) is 15.7 Å². The number of esters is 1. The molecule has 0 aliphatic rings. The summed E-state index contributed by atoms with van der Waals surface area (Å²) >= 11 is 4.60. The second-order valence-electron chi connectivity index (χ2n) is 5.63. The van der Waals surface area contributed by atoms with Crippen LogP contribution in [0.3, 0.4) is 0 Å². The van der Waals surface area contributed by atoms with E-state index in [4.69, 9.17) is 9.15 Å². The number of thioether (sulfide) groups is 1. The Morgan fingerprint density at radius 3 is 2.54 bits per heavy atom. The van der Waals surface area contributed by atoms with Gasteiger partial charge in [-0.3, -0.25) is 4.79 Å². The van der Waals surface area contributed by atoms with Crippen LogP contribution in [0.2, 0.25) is 0 Å². The molecule has 0 fully saturated rings. The van der Waals surface area contributed by atoms with E-state index in [1.54, 1.807) is 37.4 Å². The predicted octanol–water partition coefficient (Wildman–Crippen LogP) is 5.01. The fraction of sp³-hybridized carbons (Fsp3) is 0.150. The molecule has 0 bridgehead atoms. The molecule has 3 aromatic rings. The van der Waals surface area contributed by atoms with Crippen molar-refractivity contribution in [3.63, 3.8) is 0 Å². The van der Waals surface area contributed by atoms with E-state index in [2.05, 4.69) is 26.2 Å². The van der Waals surface area contributed by atoms with Gasteiger partial charge in [0.15, 0.2) is 5.76 Å². The molecule has 0 saturated carbocycles. The van der Waals surface area contributed by atoms with Crippen molar-refractivity contribution in [1.82, 2.24) is 4.98 Å². The Kier molecular flexibility index (Phi) is 6.89. The number of anilines is 1. The maximum absolute atomic E-state index is 12.1. The second kappa shape index (κ2) is 9.57. The Balaban J connectivity index is 1.52.